The zero-order chi connectivity index (χ0) is 19.6. The van der Waals surface area contributed by atoms with Crippen molar-refractivity contribution >= 4 is 29.0 Å². The Labute approximate surface area is 163 Å². The Morgan fingerprint density at radius 1 is 1.22 bits per heavy atom. The molecule has 1 unspecified atom stereocenters. The predicted octanol–water partition coefficient (Wildman–Crippen LogP) is 4.04. The largest absolute Gasteiger partial charge is 0.332 e. The molecule has 3 aromatic rings. The Morgan fingerprint density at radius 3 is 2.59 bits per heavy atom. The van der Waals surface area contributed by atoms with Crippen LogP contribution in [0, 0.1) is 4.77 Å². The van der Waals surface area contributed by atoms with Crippen LogP contribution >= 0.6 is 12.2 Å². The van der Waals surface area contributed by atoms with E-state index in [-0.39, 0.29) is 17.5 Å². The fourth-order valence-corrected chi connectivity index (χ4v) is 3.23. The molecule has 0 aliphatic heterocycles. The molecule has 0 fully saturated rings. The van der Waals surface area contributed by atoms with E-state index in [0.29, 0.717) is 27.8 Å². The topological polar surface area (TPSA) is 58.1 Å². The van der Waals surface area contributed by atoms with Gasteiger partial charge in [-0.2, -0.15) is 0 Å². The van der Waals surface area contributed by atoms with Crippen LogP contribution in [0.25, 0.3) is 10.9 Å². The second-order valence-electron chi connectivity index (χ2n) is 6.73. The van der Waals surface area contributed by atoms with Gasteiger partial charge in [0.1, 0.15) is 0 Å². The van der Waals surface area contributed by atoms with Crippen LogP contribution in [0.15, 0.2) is 53.3 Å². The summed E-state index contributed by atoms with van der Waals surface area (Å²) in [5, 5.41) is 0.515. The molecule has 2 aromatic carbocycles. The molecule has 5 nitrogen and oxygen atoms in total. The molecule has 0 bridgehead atoms. The van der Waals surface area contributed by atoms with Gasteiger partial charge in [0, 0.05) is 25.2 Å². The molecule has 27 heavy (non-hydrogen) atoms. The Bertz CT molecular complexity index is 1090. The van der Waals surface area contributed by atoms with E-state index in [1.165, 1.54) is 4.57 Å². The maximum atomic E-state index is 13.2. The number of hydrogen-bond acceptors (Lipinski definition) is 3. The van der Waals surface area contributed by atoms with Crippen LogP contribution in [0.4, 0.5) is 0 Å². The molecule has 0 radical (unpaired) electrons. The first-order valence-corrected chi connectivity index (χ1v) is 9.41. The minimum absolute atomic E-state index is 0.0601. The number of fused-ring (bicyclic) bond motifs is 1. The van der Waals surface area contributed by atoms with Crippen molar-refractivity contribution < 1.29 is 4.79 Å². The van der Waals surface area contributed by atoms with Gasteiger partial charge in [0.25, 0.3) is 11.5 Å². The zero-order valence-corrected chi connectivity index (χ0v) is 16.5. The number of amides is 1. The molecule has 1 heterocycles. The zero-order valence-electron chi connectivity index (χ0n) is 15.7. The third-order valence-electron chi connectivity index (χ3n) is 4.93. The van der Waals surface area contributed by atoms with E-state index in [0.717, 1.165) is 12.0 Å². The van der Waals surface area contributed by atoms with Crippen LogP contribution in [0.1, 0.15) is 36.2 Å². The van der Waals surface area contributed by atoms with E-state index < -0.39 is 0 Å². The van der Waals surface area contributed by atoms with Gasteiger partial charge in [0.05, 0.1) is 10.9 Å². The van der Waals surface area contributed by atoms with Gasteiger partial charge in [-0.05, 0) is 49.3 Å². The molecule has 0 aliphatic carbocycles. The molecule has 6 heteroatoms. The molecule has 1 atom stereocenters. The Hall–Kier alpha value is -2.73. The Kier molecular flexibility index (Phi) is 5.56. The highest BCUT2D eigenvalue weighted by Crippen LogP contribution is 2.18. The van der Waals surface area contributed by atoms with Gasteiger partial charge in [-0.1, -0.05) is 37.3 Å². The maximum absolute atomic E-state index is 13.2. The van der Waals surface area contributed by atoms with E-state index in [4.69, 9.17) is 12.2 Å². The van der Waals surface area contributed by atoms with Gasteiger partial charge in [-0.25, -0.2) is 0 Å². The van der Waals surface area contributed by atoms with Crippen molar-refractivity contribution in [3.8, 4) is 0 Å². The number of nitrogens with one attached hydrogen (secondary N) is 1. The van der Waals surface area contributed by atoms with Crippen LogP contribution in [-0.4, -0.2) is 26.4 Å². The summed E-state index contributed by atoms with van der Waals surface area (Å²) in [6.45, 7) is 4.65. The number of nitrogens with zero attached hydrogens (tertiary/aromatic N) is 2. The summed E-state index contributed by atoms with van der Waals surface area (Å²) in [7, 11) is 1.63. The minimum Gasteiger partial charge on any atom is -0.332 e. The SMILES string of the molecule is CCC(C)N(Cc1ccccc1)C(=O)c1ccc2c(=O)n(C)c(=S)[nH]c2c1. The standard InChI is InChI=1S/C21H23N3O2S/c1-4-14(2)24(13-15-8-6-5-7-9-15)19(25)16-10-11-17-18(12-16)22-21(27)23(3)20(17)26/h5-12,14H,4,13H2,1-3H3,(H,22,27). The summed E-state index contributed by atoms with van der Waals surface area (Å²) < 4.78 is 1.72. The van der Waals surface area contributed by atoms with E-state index in [1.807, 2.05) is 42.2 Å². The van der Waals surface area contributed by atoms with Gasteiger partial charge in [-0.3, -0.25) is 14.2 Å². The van der Waals surface area contributed by atoms with Crippen LogP contribution in [0.2, 0.25) is 0 Å². The summed E-state index contributed by atoms with van der Waals surface area (Å²) >= 11 is 5.19. The molecule has 1 amide bonds. The first-order chi connectivity index (χ1) is 12.9. The van der Waals surface area contributed by atoms with Crippen molar-refractivity contribution in [3.05, 3.63) is 74.8 Å². The number of hydrogen-bond donors (Lipinski definition) is 1. The van der Waals surface area contributed by atoms with Crippen LogP contribution < -0.4 is 5.56 Å². The van der Waals surface area contributed by atoms with Crippen molar-refractivity contribution in [2.75, 3.05) is 0 Å². The molecule has 1 aromatic heterocycles. The van der Waals surface area contributed by atoms with Gasteiger partial charge >= 0.3 is 0 Å². The summed E-state index contributed by atoms with van der Waals surface area (Å²) in [5.74, 6) is -0.0601. The molecule has 140 valence electrons. The van der Waals surface area contributed by atoms with Crippen molar-refractivity contribution in [3.63, 3.8) is 0 Å². The monoisotopic (exact) mass is 381 g/mol. The number of aromatic amines is 1. The normalized spacial score (nSPS) is 12.1. The smallest absolute Gasteiger partial charge is 0.261 e. The first-order valence-electron chi connectivity index (χ1n) is 9.00. The molecule has 0 saturated carbocycles. The Morgan fingerprint density at radius 2 is 1.93 bits per heavy atom. The summed E-state index contributed by atoms with van der Waals surface area (Å²) in [6.07, 6.45) is 0.856. The fourth-order valence-electron chi connectivity index (χ4n) is 3.03. The second-order valence-corrected chi connectivity index (χ2v) is 7.12. The van der Waals surface area contributed by atoms with Crippen LogP contribution in [0.3, 0.4) is 0 Å². The molecule has 1 N–H and O–H groups in total. The third-order valence-corrected chi connectivity index (χ3v) is 5.30. The maximum Gasteiger partial charge on any atom is 0.261 e. The number of carbonyl (C=O) groups excluding carboxylic acids is 1. The van der Waals surface area contributed by atoms with Gasteiger partial charge < -0.3 is 9.88 Å². The first kappa shape index (κ1) is 19.0. The average Bonchev–Trinajstić information content (AvgIpc) is 2.69. The number of aromatic nitrogens is 2. The van der Waals surface area contributed by atoms with Gasteiger partial charge in [-0.15, -0.1) is 0 Å². The van der Waals surface area contributed by atoms with E-state index in [2.05, 4.69) is 11.9 Å². The summed E-state index contributed by atoms with van der Waals surface area (Å²) in [5.41, 5.74) is 2.03. The van der Waals surface area contributed by atoms with Crippen LogP contribution in [-0.2, 0) is 13.6 Å². The van der Waals surface area contributed by atoms with Crippen molar-refractivity contribution in [2.24, 2.45) is 7.05 Å². The molecular formula is C21H23N3O2S. The predicted molar refractivity (Wildman–Crippen MR) is 110 cm³/mol. The van der Waals surface area contributed by atoms with Crippen molar-refractivity contribution in [2.45, 2.75) is 32.9 Å². The molecule has 3 rings (SSSR count). The average molecular weight is 382 g/mol. The lowest BCUT2D eigenvalue weighted by Gasteiger charge is -2.29. The summed E-state index contributed by atoms with van der Waals surface area (Å²) in [4.78, 5) is 30.5. The third kappa shape index (κ3) is 3.85. The fraction of sp³-hybridized carbons (Fsp3) is 0.286. The number of benzene rings is 2. The van der Waals surface area contributed by atoms with Crippen LogP contribution in [0.5, 0.6) is 0 Å². The number of H-pyrrole nitrogens is 1. The van der Waals surface area contributed by atoms with E-state index in [1.54, 1.807) is 25.2 Å². The molecule has 0 aliphatic rings. The Balaban J connectivity index is 2.01. The van der Waals surface area contributed by atoms with E-state index >= 15 is 0 Å². The quantitative estimate of drug-likeness (QED) is 0.679. The van der Waals surface area contributed by atoms with Crippen molar-refractivity contribution in [1.29, 1.82) is 0 Å². The highest BCUT2D eigenvalue weighted by Gasteiger charge is 2.21. The lowest BCUT2D eigenvalue weighted by Crippen LogP contribution is -2.37. The minimum atomic E-state index is -0.171. The number of carbonyl (C=O) groups is 1. The molecular weight excluding hydrogens is 358 g/mol. The molecule has 0 spiro atoms. The highest BCUT2D eigenvalue weighted by molar-refractivity contribution is 7.71. The van der Waals surface area contributed by atoms with Gasteiger partial charge in [0.15, 0.2) is 4.77 Å². The second kappa shape index (κ2) is 7.88. The lowest BCUT2D eigenvalue weighted by molar-refractivity contribution is 0.0671. The molecule has 0 saturated heterocycles. The summed E-state index contributed by atoms with van der Waals surface area (Å²) in [6, 6.07) is 15.2. The van der Waals surface area contributed by atoms with Gasteiger partial charge in [0.2, 0.25) is 0 Å². The van der Waals surface area contributed by atoms with E-state index in [9.17, 15) is 9.59 Å². The lowest BCUT2D eigenvalue weighted by atomic mass is 10.1. The van der Waals surface area contributed by atoms with Crippen molar-refractivity contribution in [1.82, 2.24) is 14.5 Å². The highest BCUT2D eigenvalue weighted by atomic mass is 32.1. The number of rotatable bonds is 5.